The number of hydrogen-bond acceptors (Lipinski definition) is 3. The van der Waals surface area contributed by atoms with E-state index in [1.165, 1.54) is 4.57 Å². The number of para-hydroxylation sites is 2. The molecule has 5 nitrogen and oxygen atoms in total. The normalized spacial score (nSPS) is 11.3. The number of rotatable bonds is 1. The van der Waals surface area contributed by atoms with Crippen LogP contribution >= 0.6 is 11.6 Å². The van der Waals surface area contributed by atoms with Crippen molar-refractivity contribution in [3.63, 3.8) is 0 Å². The van der Waals surface area contributed by atoms with Gasteiger partial charge in [-0.05, 0) is 24.3 Å². The Morgan fingerprint density at radius 3 is 2.62 bits per heavy atom. The molecule has 0 atom stereocenters. The van der Waals surface area contributed by atoms with Crippen molar-refractivity contribution in [3.8, 4) is 5.69 Å². The molecule has 4 aromatic rings. The summed E-state index contributed by atoms with van der Waals surface area (Å²) in [5.41, 5.74) is 1.19. The predicted octanol–water partition coefficient (Wildman–Crippen LogP) is 2.69. The van der Waals surface area contributed by atoms with Gasteiger partial charge in [-0.25, -0.2) is 4.57 Å². The summed E-state index contributed by atoms with van der Waals surface area (Å²) in [5, 5.41) is 9.06. The van der Waals surface area contributed by atoms with Gasteiger partial charge in [0.1, 0.15) is 6.33 Å². The lowest BCUT2D eigenvalue weighted by atomic mass is 10.2. The van der Waals surface area contributed by atoms with E-state index in [0.717, 1.165) is 5.52 Å². The minimum absolute atomic E-state index is 0.167. The molecule has 0 radical (unpaired) electrons. The monoisotopic (exact) mass is 296 g/mol. The first-order valence-corrected chi connectivity index (χ1v) is 6.73. The van der Waals surface area contributed by atoms with E-state index < -0.39 is 0 Å². The fourth-order valence-electron chi connectivity index (χ4n) is 2.48. The van der Waals surface area contributed by atoms with Gasteiger partial charge in [0.25, 0.3) is 5.56 Å². The van der Waals surface area contributed by atoms with Crippen LogP contribution in [0.1, 0.15) is 0 Å². The molecule has 0 aliphatic heterocycles. The van der Waals surface area contributed by atoms with Crippen molar-refractivity contribution in [3.05, 3.63) is 70.2 Å². The van der Waals surface area contributed by atoms with Gasteiger partial charge >= 0.3 is 0 Å². The Morgan fingerprint density at radius 1 is 1.00 bits per heavy atom. The van der Waals surface area contributed by atoms with Gasteiger partial charge in [0, 0.05) is 0 Å². The molecule has 2 aromatic carbocycles. The number of nitrogens with zero attached hydrogens (tertiary/aromatic N) is 4. The van der Waals surface area contributed by atoms with E-state index in [4.69, 9.17) is 11.6 Å². The van der Waals surface area contributed by atoms with Crippen molar-refractivity contribution in [2.75, 3.05) is 0 Å². The predicted molar refractivity (Wildman–Crippen MR) is 81.1 cm³/mol. The summed E-state index contributed by atoms with van der Waals surface area (Å²) in [4.78, 5) is 12.8. The molecule has 102 valence electrons. The molecule has 0 fully saturated rings. The average molecular weight is 297 g/mol. The summed E-state index contributed by atoms with van der Waals surface area (Å²) in [6, 6.07) is 14.5. The molecule has 2 aromatic heterocycles. The molecule has 6 heteroatoms. The highest BCUT2D eigenvalue weighted by molar-refractivity contribution is 6.32. The first-order chi connectivity index (χ1) is 10.3. The maximum absolute atomic E-state index is 12.8. The van der Waals surface area contributed by atoms with Crippen LogP contribution in [0.3, 0.4) is 0 Å². The Bertz CT molecular complexity index is 1030. The fourth-order valence-corrected chi connectivity index (χ4v) is 2.70. The second-order valence-electron chi connectivity index (χ2n) is 4.61. The van der Waals surface area contributed by atoms with Crippen LogP contribution in [0.2, 0.25) is 5.02 Å². The molecule has 0 N–H and O–H groups in total. The lowest BCUT2D eigenvalue weighted by molar-refractivity contribution is 0.967. The van der Waals surface area contributed by atoms with Crippen molar-refractivity contribution in [2.24, 2.45) is 0 Å². The van der Waals surface area contributed by atoms with Crippen LogP contribution in [-0.4, -0.2) is 19.2 Å². The van der Waals surface area contributed by atoms with Gasteiger partial charge in [-0.1, -0.05) is 35.9 Å². The second-order valence-corrected chi connectivity index (χ2v) is 5.02. The summed E-state index contributed by atoms with van der Waals surface area (Å²) in [7, 11) is 0. The maximum Gasteiger partial charge on any atom is 0.267 e. The molecule has 0 unspecified atom stereocenters. The Hall–Kier alpha value is -2.66. The largest absolute Gasteiger partial charge is 0.268 e. The molecule has 2 heterocycles. The molecule has 0 saturated carbocycles. The van der Waals surface area contributed by atoms with Crippen LogP contribution in [0.15, 0.2) is 59.7 Å². The van der Waals surface area contributed by atoms with E-state index in [1.54, 1.807) is 28.9 Å². The van der Waals surface area contributed by atoms with E-state index in [9.17, 15) is 4.79 Å². The minimum Gasteiger partial charge on any atom is -0.268 e. The Morgan fingerprint density at radius 2 is 1.76 bits per heavy atom. The van der Waals surface area contributed by atoms with Gasteiger partial charge < -0.3 is 0 Å². The molecule has 21 heavy (non-hydrogen) atoms. The molecule has 4 rings (SSSR count). The molecule has 0 aliphatic rings. The Labute approximate surface area is 124 Å². The van der Waals surface area contributed by atoms with Crippen LogP contribution in [0.5, 0.6) is 0 Å². The Balaban J connectivity index is 2.27. The summed E-state index contributed by atoms with van der Waals surface area (Å²) in [6.45, 7) is 0. The first kappa shape index (κ1) is 12.1. The molecular weight excluding hydrogens is 288 g/mol. The molecule has 0 bridgehead atoms. The van der Waals surface area contributed by atoms with Gasteiger partial charge in [-0.15, -0.1) is 10.2 Å². The standard InChI is InChI=1S/C15H9ClN4O/c16-11-6-2-4-8-13(11)20-14(21)10-5-1-3-7-12(10)19-9-17-18-15(19)20/h1-9H. The van der Waals surface area contributed by atoms with Gasteiger partial charge in [-0.3, -0.25) is 9.20 Å². The lowest BCUT2D eigenvalue weighted by Crippen LogP contribution is -2.21. The van der Waals surface area contributed by atoms with Crippen LogP contribution in [0.4, 0.5) is 0 Å². The van der Waals surface area contributed by atoms with Crippen molar-refractivity contribution in [2.45, 2.75) is 0 Å². The first-order valence-electron chi connectivity index (χ1n) is 6.36. The Kier molecular flexibility index (Phi) is 2.55. The maximum atomic E-state index is 12.8. The van der Waals surface area contributed by atoms with E-state index in [2.05, 4.69) is 10.2 Å². The van der Waals surface area contributed by atoms with Gasteiger partial charge in [-0.2, -0.15) is 0 Å². The number of fused-ring (bicyclic) bond motifs is 3. The van der Waals surface area contributed by atoms with Crippen LogP contribution < -0.4 is 5.56 Å². The van der Waals surface area contributed by atoms with E-state index in [1.807, 2.05) is 30.3 Å². The zero-order valence-corrected chi connectivity index (χ0v) is 11.5. The van der Waals surface area contributed by atoms with Crippen molar-refractivity contribution < 1.29 is 0 Å². The van der Waals surface area contributed by atoms with Crippen LogP contribution in [0, 0.1) is 0 Å². The SMILES string of the molecule is O=c1c2ccccc2n2cnnc2n1-c1ccccc1Cl. The highest BCUT2D eigenvalue weighted by Crippen LogP contribution is 2.21. The zero-order chi connectivity index (χ0) is 14.4. The smallest absolute Gasteiger partial charge is 0.267 e. The third kappa shape index (κ3) is 1.68. The molecule has 0 saturated heterocycles. The summed E-state index contributed by atoms with van der Waals surface area (Å²) in [6.07, 6.45) is 1.59. The highest BCUT2D eigenvalue weighted by atomic mass is 35.5. The minimum atomic E-state index is -0.167. The third-order valence-corrected chi connectivity index (χ3v) is 3.74. The number of aromatic nitrogens is 4. The van der Waals surface area contributed by atoms with Crippen molar-refractivity contribution >= 4 is 28.3 Å². The number of hydrogen-bond donors (Lipinski definition) is 0. The van der Waals surface area contributed by atoms with Crippen molar-refractivity contribution in [1.29, 1.82) is 0 Å². The van der Waals surface area contributed by atoms with Crippen LogP contribution in [-0.2, 0) is 0 Å². The molecule has 0 amide bonds. The lowest BCUT2D eigenvalue weighted by Gasteiger charge is -2.11. The quantitative estimate of drug-likeness (QED) is 0.543. The average Bonchev–Trinajstić information content (AvgIpc) is 2.99. The molecule has 0 spiro atoms. The second kappa shape index (κ2) is 4.43. The molecular formula is C15H9ClN4O. The molecule has 0 aliphatic carbocycles. The van der Waals surface area contributed by atoms with Gasteiger partial charge in [0.15, 0.2) is 0 Å². The van der Waals surface area contributed by atoms with Crippen molar-refractivity contribution in [1.82, 2.24) is 19.2 Å². The summed E-state index contributed by atoms with van der Waals surface area (Å²) >= 11 is 6.23. The van der Waals surface area contributed by atoms with E-state index in [0.29, 0.717) is 21.9 Å². The summed E-state index contributed by atoms with van der Waals surface area (Å²) < 4.78 is 3.26. The van der Waals surface area contributed by atoms with E-state index in [-0.39, 0.29) is 5.56 Å². The van der Waals surface area contributed by atoms with Gasteiger partial charge in [0.2, 0.25) is 5.78 Å². The highest BCUT2D eigenvalue weighted by Gasteiger charge is 2.14. The topological polar surface area (TPSA) is 52.2 Å². The number of benzene rings is 2. The number of halogens is 1. The van der Waals surface area contributed by atoms with Crippen LogP contribution in [0.25, 0.3) is 22.4 Å². The third-order valence-electron chi connectivity index (χ3n) is 3.42. The van der Waals surface area contributed by atoms with Gasteiger partial charge in [0.05, 0.1) is 21.6 Å². The summed E-state index contributed by atoms with van der Waals surface area (Å²) in [5.74, 6) is 0.437. The van der Waals surface area contributed by atoms with E-state index >= 15 is 0 Å². The zero-order valence-electron chi connectivity index (χ0n) is 10.8. The fraction of sp³-hybridized carbons (Fsp3) is 0.